The number of rotatable bonds is 19. The minimum Gasteiger partial charge on any atom is -0.508 e. The highest BCUT2D eigenvalue weighted by Crippen LogP contribution is 2.33. The third kappa shape index (κ3) is 21.9. The minimum absolute atomic E-state index is 0.0139. The summed E-state index contributed by atoms with van der Waals surface area (Å²) in [6, 6.07) is 40.3. The van der Waals surface area contributed by atoms with E-state index in [-0.39, 0.29) is 93.5 Å². The second-order valence-electron chi connectivity index (χ2n) is 30.5. The zero-order valence-corrected chi connectivity index (χ0v) is 70.0. The van der Waals surface area contributed by atoms with Gasteiger partial charge in [0, 0.05) is 63.9 Å². The standard InChI is InChI=1S/C23H23N5O5.C18H15N5O3.C18H20N4O5.C12H16N4O2.C8H10O4.C7H9NO/c1-23(2,3)33-22(32)28-16-8-7-13(10-15(16)21(24)27-28)26-18-17(19(30)20(18)31)25-11-12-5-4-6-14(29)9-12;19-18-12-7-10(4-5-13(12)22-23-18)21-15-14(16(25)17(15)26)20-8-9-2-1-3-11(24)6-9;1-5-26-15-12(13(23)14(15)24)20-9-6-7-11-10(8-9)16(19)21-22(11)17(25)27-18(2,3)4;1-12(2,3)18-11(17)16-9-5-4-7(13)6-8(9)10(14)15-16;1-3-11-7-5(9)6(10)8(7)12-4-2;8-5-6-2-1-3-7(9)4-6/h4-10,25-26,29H,11H2,1-3H3,(H2,24,27);1-7,20-21,24H,8H2,(H3,19,22,23);6-8,20H,5H2,1-4H3,(H2,19,21);4-6H,13H2,1-3H3,(H2,14,15);3-4H2,1-2H3;1-4,9H,5,8H2. The minimum atomic E-state index is -0.697. The Morgan fingerprint density at radius 1 is 0.384 bits per heavy atom. The number of anilines is 13. The number of carbonyl (C=O) groups is 3. The number of hydrogen-bond acceptors (Lipinski definition) is 35. The molecular weight excluding hydrogens is 1620 g/mol. The molecule has 15 aromatic rings. The molecule has 15 rings (SSSR count). The first kappa shape index (κ1) is 91.2. The molecule has 39 heteroatoms. The predicted octanol–water partition coefficient (Wildman–Crippen LogP) is 9.92. The summed E-state index contributed by atoms with van der Waals surface area (Å²) in [5, 5.41) is 63.8. The second-order valence-corrected chi connectivity index (χ2v) is 30.5. The number of phenolic OH excluding ortho intramolecular Hbond substituents is 3. The smallest absolute Gasteiger partial charge is 0.435 e. The van der Waals surface area contributed by atoms with Crippen LogP contribution in [0.25, 0.3) is 43.6 Å². The van der Waals surface area contributed by atoms with Gasteiger partial charge < -0.3 is 105 Å². The molecule has 0 bridgehead atoms. The SMILES string of the molecule is CC(C)(C)OC(=O)n1nc(N)c2cc(N)ccc21.CC(C)(C)OC(=O)n1nc(N)c2cc(Nc3c(NCc4cccc(O)c4)c(=O)c3=O)ccc21.CCOc1c(Nc2ccc3c(c2)c(N)nn3C(=O)OC(C)(C)C)c(=O)c1=O.CCOc1c(OCC)c(=O)c1=O.NCc1cccc(O)c1.Nc1n[nH]c2ccc(Nc3c(NCc4cccc(O)c4)c(=O)c3=O)cc12. The molecule has 11 aromatic carbocycles. The zero-order valence-electron chi connectivity index (χ0n) is 70.0. The Hall–Kier alpha value is -16.1. The molecular formula is C86H93N19O20. The first-order valence-corrected chi connectivity index (χ1v) is 38.6. The van der Waals surface area contributed by atoms with Gasteiger partial charge in [-0.3, -0.25) is 43.5 Å². The summed E-state index contributed by atoms with van der Waals surface area (Å²) >= 11 is 0. The van der Waals surface area contributed by atoms with E-state index in [2.05, 4.69) is 52.1 Å². The van der Waals surface area contributed by atoms with Gasteiger partial charge in [-0.1, -0.05) is 36.4 Å². The van der Waals surface area contributed by atoms with Crippen LogP contribution < -0.4 is 119 Å². The Labute approximate surface area is 709 Å². The highest BCUT2D eigenvalue weighted by atomic mass is 16.6. The number of nitrogens with one attached hydrogen (secondary N) is 6. The van der Waals surface area contributed by atoms with Crippen LogP contribution >= 0.6 is 0 Å². The van der Waals surface area contributed by atoms with Gasteiger partial charge in [0.05, 0.1) is 41.9 Å². The molecule has 0 saturated heterocycles. The van der Waals surface area contributed by atoms with Gasteiger partial charge in [-0.05, 0) is 209 Å². The lowest BCUT2D eigenvalue weighted by Crippen LogP contribution is -2.36. The Bertz CT molecular complexity index is 6790. The monoisotopic (exact) mass is 1710 g/mol. The number of aromatic amines is 1. The van der Waals surface area contributed by atoms with E-state index >= 15 is 0 Å². The quantitative estimate of drug-likeness (QED) is 0.0203. The van der Waals surface area contributed by atoms with Crippen LogP contribution in [-0.2, 0) is 33.8 Å². The van der Waals surface area contributed by atoms with E-state index < -0.39 is 78.5 Å². The summed E-state index contributed by atoms with van der Waals surface area (Å²) in [6.45, 7) is 23.1. The summed E-state index contributed by atoms with van der Waals surface area (Å²) in [5.74, 6) is 1.54. The fourth-order valence-electron chi connectivity index (χ4n) is 11.9. The predicted molar refractivity (Wildman–Crippen MR) is 478 cm³/mol. The molecule has 21 N–H and O–H groups in total. The van der Waals surface area contributed by atoms with Crippen molar-refractivity contribution in [2.45, 2.75) is 120 Å². The Morgan fingerprint density at radius 3 is 1.09 bits per heavy atom. The van der Waals surface area contributed by atoms with Crippen molar-refractivity contribution < 1.29 is 58.1 Å². The highest BCUT2D eigenvalue weighted by molar-refractivity contribution is 6.00. The molecule has 0 radical (unpaired) electrons. The molecule has 0 unspecified atom stereocenters. The molecule has 0 aliphatic rings. The lowest BCUT2D eigenvalue weighted by Gasteiger charge is -2.19. The van der Waals surface area contributed by atoms with E-state index in [4.69, 9.17) is 67.9 Å². The van der Waals surface area contributed by atoms with Gasteiger partial charge in [0.15, 0.2) is 29.0 Å². The summed E-state index contributed by atoms with van der Waals surface area (Å²) in [6.07, 6.45) is -1.87. The van der Waals surface area contributed by atoms with E-state index in [9.17, 15) is 63.0 Å². The Kier molecular flexibility index (Phi) is 27.8. The van der Waals surface area contributed by atoms with Crippen LogP contribution in [0.3, 0.4) is 0 Å². The maximum Gasteiger partial charge on any atom is 0.435 e. The first-order chi connectivity index (χ1) is 59.0. The Morgan fingerprint density at radius 2 is 0.712 bits per heavy atom. The van der Waals surface area contributed by atoms with E-state index in [0.717, 1.165) is 41.6 Å². The molecule has 0 fully saturated rings. The number of benzene rings is 7. The van der Waals surface area contributed by atoms with Gasteiger partial charge in [-0.25, -0.2) is 14.4 Å². The Balaban J connectivity index is 0.000000163. The maximum atomic E-state index is 12.4. The van der Waals surface area contributed by atoms with Crippen molar-refractivity contribution in [1.29, 1.82) is 0 Å². The lowest BCUT2D eigenvalue weighted by atomic mass is 10.1. The number of carbonyl (C=O) groups excluding carboxylic acids is 3. The number of ether oxygens (including phenoxy) is 6. The fourth-order valence-corrected chi connectivity index (χ4v) is 11.9. The van der Waals surface area contributed by atoms with Crippen molar-refractivity contribution in [2.75, 3.05) is 75.1 Å². The number of fused-ring (bicyclic) bond motifs is 4. The van der Waals surface area contributed by atoms with Crippen molar-refractivity contribution in [3.63, 3.8) is 0 Å². The number of hydrogen-bond donors (Lipinski definition) is 15. The van der Waals surface area contributed by atoms with Crippen molar-refractivity contribution >= 4 is 136 Å². The van der Waals surface area contributed by atoms with Crippen LogP contribution in [0.5, 0.6) is 34.5 Å². The normalized spacial score (nSPS) is 11.2. The third-order valence-electron chi connectivity index (χ3n) is 17.5. The summed E-state index contributed by atoms with van der Waals surface area (Å²) < 4.78 is 34.2. The van der Waals surface area contributed by atoms with E-state index in [0.29, 0.717) is 87.6 Å². The summed E-state index contributed by atoms with van der Waals surface area (Å²) in [4.78, 5) is 130. The van der Waals surface area contributed by atoms with Crippen LogP contribution in [0.15, 0.2) is 184 Å². The maximum absolute atomic E-state index is 12.4. The number of nitrogens with two attached hydrogens (primary N) is 6. The largest absolute Gasteiger partial charge is 0.508 e. The van der Waals surface area contributed by atoms with E-state index in [1.807, 2.05) is 6.07 Å². The van der Waals surface area contributed by atoms with Crippen molar-refractivity contribution in [1.82, 2.24) is 39.5 Å². The molecule has 652 valence electrons. The van der Waals surface area contributed by atoms with Crippen LogP contribution in [0, 0.1) is 0 Å². The number of phenols is 3. The number of aromatic hydroxyl groups is 3. The number of aromatic nitrogens is 8. The average Bonchev–Trinajstić information content (AvgIpc) is 1.60. The highest BCUT2D eigenvalue weighted by Gasteiger charge is 2.30. The van der Waals surface area contributed by atoms with Crippen molar-refractivity contribution in [2.24, 2.45) is 5.73 Å². The second kappa shape index (κ2) is 38.1. The van der Waals surface area contributed by atoms with Crippen LogP contribution in [0.2, 0.25) is 0 Å². The molecule has 4 aromatic heterocycles. The molecule has 0 aliphatic carbocycles. The molecule has 0 amide bonds. The van der Waals surface area contributed by atoms with Gasteiger partial charge in [0.2, 0.25) is 11.5 Å². The van der Waals surface area contributed by atoms with Gasteiger partial charge in [0.1, 0.15) is 62.5 Å². The third-order valence-corrected chi connectivity index (χ3v) is 17.5. The molecule has 0 spiro atoms. The van der Waals surface area contributed by atoms with Gasteiger partial charge in [0.25, 0.3) is 43.4 Å². The van der Waals surface area contributed by atoms with Crippen LogP contribution in [0.4, 0.5) is 88.8 Å². The van der Waals surface area contributed by atoms with Gasteiger partial charge >= 0.3 is 18.3 Å². The summed E-state index contributed by atoms with van der Waals surface area (Å²) in [7, 11) is 0. The number of nitrogen functional groups attached to an aromatic ring is 5. The molecule has 4 heterocycles. The molecule has 39 nitrogen and oxygen atoms in total. The van der Waals surface area contributed by atoms with Crippen molar-refractivity contribution in [3.05, 3.63) is 244 Å². The first-order valence-electron chi connectivity index (χ1n) is 38.6. The lowest BCUT2D eigenvalue weighted by molar-refractivity contribution is 0.0512. The van der Waals surface area contributed by atoms with E-state index in [1.54, 1.807) is 223 Å². The molecule has 125 heavy (non-hydrogen) atoms. The molecule has 0 saturated carbocycles. The number of H-pyrrole nitrogens is 1. The number of nitrogens with zero attached hydrogens (tertiary/aromatic N) is 7. The van der Waals surface area contributed by atoms with E-state index in [1.165, 1.54) is 0 Å². The molecule has 0 atom stereocenters. The van der Waals surface area contributed by atoms with Gasteiger partial charge in [-0.2, -0.15) is 19.1 Å². The van der Waals surface area contributed by atoms with Crippen molar-refractivity contribution in [3.8, 4) is 34.5 Å². The summed E-state index contributed by atoms with van der Waals surface area (Å²) in [5.41, 5.74) is 35.3. The molecule has 0 aliphatic heterocycles. The fraction of sp³-hybridized carbons (Fsp3) is 0.244. The van der Waals surface area contributed by atoms with Gasteiger partial charge in [-0.15, -0.1) is 15.3 Å². The zero-order chi connectivity index (χ0) is 91.4. The van der Waals surface area contributed by atoms with Crippen LogP contribution in [-0.4, -0.2) is 110 Å². The van der Waals surface area contributed by atoms with Crippen LogP contribution in [0.1, 0.15) is 99.8 Å². The average molecular weight is 1710 g/mol. The topological polar surface area (TPSA) is 602 Å².